The molecule has 134 valence electrons. The highest BCUT2D eigenvalue weighted by molar-refractivity contribution is 7.89. The maximum atomic E-state index is 12.2. The quantitative estimate of drug-likeness (QED) is 0.549. The van der Waals surface area contributed by atoms with Crippen LogP contribution in [0.2, 0.25) is 0 Å². The second-order valence-corrected chi connectivity index (χ2v) is 7.43. The van der Waals surface area contributed by atoms with E-state index >= 15 is 0 Å². The molecule has 2 aromatic rings. The summed E-state index contributed by atoms with van der Waals surface area (Å²) in [5.41, 5.74) is 3.00. The second-order valence-electron chi connectivity index (χ2n) is 4.86. The van der Waals surface area contributed by atoms with E-state index in [1.165, 1.54) is 11.4 Å². The molecule has 0 saturated heterocycles. The smallest absolute Gasteiger partial charge is 0.349 e. The Hall–Kier alpha value is -2.43. The molecular weight excluding hydrogens is 368 g/mol. The summed E-state index contributed by atoms with van der Waals surface area (Å²) in [6.07, 6.45) is 0. The summed E-state index contributed by atoms with van der Waals surface area (Å²) in [4.78, 5) is 24.9. The van der Waals surface area contributed by atoms with Crippen molar-refractivity contribution in [2.24, 2.45) is 0 Å². The third-order valence-electron chi connectivity index (χ3n) is 2.97. The van der Waals surface area contributed by atoms with Crippen LogP contribution in [0.5, 0.6) is 5.75 Å². The van der Waals surface area contributed by atoms with Crippen LogP contribution in [0.4, 0.5) is 0 Å². The van der Waals surface area contributed by atoms with Crippen LogP contribution in [0.25, 0.3) is 0 Å². The molecule has 8 nitrogen and oxygen atoms in total. The average Bonchev–Trinajstić information content (AvgIpc) is 3.08. The predicted octanol–water partition coefficient (Wildman–Crippen LogP) is 1.23. The molecule has 0 fully saturated rings. The van der Waals surface area contributed by atoms with Gasteiger partial charge in [0.25, 0.3) is 15.9 Å². The van der Waals surface area contributed by atoms with Crippen molar-refractivity contribution in [1.82, 2.24) is 10.3 Å². The van der Waals surface area contributed by atoms with Crippen molar-refractivity contribution in [2.45, 2.75) is 11.8 Å². The number of esters is 1. The number of ether oxygens (including phenoxy) is 2. The summed E-state index contributed by atoms with van der Waals surface area (Å²) in [6, 6.07) is 8.32. The Morgan fingerprint density at radius 3 is 2.68 bits per heavy atom. The van der Waals surface area contributed by atoms with Gasteiger partial charge >= 0.3 is 5.97 Å². The highest BCUT2D eigenvalue weighted by Crippen LogP contribution is 2.22. The lowest BCUT2D eigenvalue weighted by Crippen LogP contribution is -2.43. The number of nitrogens with one attached hydrogen (secondary N) is 2. The summed E-state index contributed by atoms with van der Waals surface area (Å²) in [5, 5.41) is 1.43. The summed E-state index contributed by atoms with van der Waals surface area (Å²) in [6.45, 7) is 1.50. The van der Waals surface area contributed by atoms with Gasteiger partial charge in [-0.05, 0) is 36.1 Å². The summed E-state index contributed by atoms with van der Waals surface area (Å²) in [5.74, 6) is -0.978. The van der Waals surface area contributed by atoms with Crippen molar-refractivity contribution in [2.75, 3.05) is 13.7 Å². The van der Waals surface area contributed by atoms with Gasteiger partial charge in [-0.2, -0.15) is 0 Å². The number of amides is 1. The maximum Gasteiger partial charge on any atom is 0.349 e. The van der Waals surface area contributed by atoms with Gasteiger partial charge < -0.3 is 9.47 Å². The highest BCUT2D eigenvalue weighted by Gasteiger charge is 2.25. The van der Waals surface area contributed by atoms with Crippen molar-refractivity contribution < 1.29 is 27.5 Å². The van der Waals surface area contributed by atoms with Crippen LogP contribution < -0.4 is 15.0 Å². The minimum absolute atomic E-state index is 0.0831. The lowest BCUT2D eigenvalue weighted by molar-refractivity contribution is -0.123. The van der Waals surface area contributed by atoms with Gasteiger partial charge in [-0.25, -0.2) is 13.2 Å². The first kappa shape index (κ1) is 18.9. The van der Waals surface area contributed by atoms with E-state index < -0.39 is 21.9 Å². The molecule has 0 atom stereocenters. The molecule has 0 radical (unpaired) electrons. The second kappa shape index (κ2) is 8.10. The molecule has 0 unspecified atom stereocenters. The van der Waals surface area contributed by atoms with Crippen molar-refractivity contribution in [1.29, 1.82) is 0 Å². The van der Waals surface area contributed by atoms with E-state index in [0.29, 0.717) is 5.75 Å². The Kier molecular flexibility index (Phi) is 6.12. The molecule has 2 rings (SSSR count). The van der Waals surface area contributed by atoms with Crippen molar-refractivity contribution in [3.63, 3.8) is 0 Å². The Bertz CT molecular complexity index is 876. The van der Waals surface area contributed by atoms with E-state index in [1.54, 1.807) is 18.2 Å². The van der Waals surface area contributed by atoms with Crippen LogP contribution in [0.15, 0.2) is 40.6 Å². The van der Waals surface area contributed by atoms with Gasteiger partial charge in [0.1, 0.15) is 15.5 Å². The summed E-state index contributed by atoms with van der Waals surface area (Å²) in [7, 11) is -2.97. The van der Waals surface area contributed by atoms with Gasteiger partial charge in [0.2, 0.25) is 0 Å². The molecule has 1 aromatic carbocycles. The molecule has 1 amide bonds. The number of thiophene rings is 1. The number of hydrogen-bond acceptors (Lipinski definition) is 7. The zero-order valence-electron chi connectivity index (χ0n) is 13.4. The van der Waals surface area contributed by atoms with Crippen LogP contribution in [-0.4, -0.2) is 34.0 Å². The third-order valence-corrected chi connectivity index (χ3v) is 5.29. The molecule has 0 aliphatic carbocycles. The first-order valence-electron chi connectivity index (χ1n) is 6.99. The highest BCUT2D eigenvalue weighted by atomic mass is 32.2. The average molecular weight is 384 g/mol. The summed E-state index contributed by atoms with van der Waals surface area (Å²) >= 11 is 0.921. The molecule has 1 aromatic heterocycles. The van der Waals surface area contributed by atoms with Crippen molar-refractivity contribution in [3.05, 3.63) is 46.2 Å². The van der Waals surface area contributed by atoms with E-state index in [0.717, 1.165) is 24.0 Å². The van der Waals surface area contributed by atoms with Crippen LogP contribution >= 0.6 is 11.3 Å². The number of hydrogen-bond donors (Lipinski definition) is 2. The molecule has 0 spiro atoms. The standard InChI is InChI=1S/C15H16N2O6S2/c1-10-4-3-5-11(8-10)23-9-13(18)16-17-25(20,21)12-6-7-24-14(12)15(19)22-2/h3-8,17H,9H2,1-2H3,(H,16,18). The SMILES string of the molecule is COC(=O)c1sccc1S(=O)(=O)NNC(=O)COc1cccc(C)c1. The molecule has 1 heterocycles. The number of rotatable bonds is 7. The molecular formula is C15H16N2O6S2. The molecule has 25 heavy (non-hydrogen) atoms. The first-order valence-corrected chi connectivity index (χ1v) is 9.35. The maximum absolute atomic E-state index is 12.2. The zero-order valence-corrected chi connectivity index (χ0v) is 15.1. The Morgan fingerprint density at radius 2 is 2.00 bits per heavy atom. The normalized spacial score (nSPS) is 11.0. The fourth-order valence-electron chi connectivity index (χ4n) is 1.82. The minimum Gasteiger partial charge on any atom is -0.484 e. The number of sulfonamides is 1. The Balaban J connectivity index is 1.94. The van der Waals surface area contributed by atoms with E-state index in [4.69, 9.17) is 4.74 Å². The van der Waals surface area contributed by atoms with E-state index in [2.05, 4.69) is 4.74 Å². The van der Waals surface area contributed by atoms with Gasteiger partial charge in [0, 0.05) is 0 Å². The number of aryl methyl sites for hydroxylation is 1. The van der Waals surface area contributed by atoms with Crippen LogP contribution in [0, 0.1) is 6.92 Å². The van der Waals surface area contributed by atoms with Gasteiger partial charge in [0.15, 0.2) is 6.61 Å². The first-order chi connectivity index (χ1) is 11.8. The van der Waals surface area contributed by atoms with Crippen LogP contribution in [0.1, 0.15) is 15.2 Å². The number of hydrazine groups is 1. The fraction of sp³-hybridized carbons (Fsp3) is 0.200. The number of methoxy groups -OCH3 is 1. The lowest BCUT2D eigenvalue weighted by atomic mass is 10.2. The van der Waals surface area contributed by atoms with Gasteiger partial charge in [-0.15, -0.1) is 16.2 Å². The third kappa shape index (κ3) is 5.02. The molecule has 0 aliphatic heterocycles. The fourth-order valence-corrected chi connectivity index (χ4v) is 4.02. The zero-order chi connectivity index (χ0) is 18.4. The number of benzene rings is 1. The van der Waals surface area contributed by atoms with E-state index in [9.17, 15) is 18.0 Å². The predicted molar refractivity (Wildman–Crippen MR) is 90.8 cm³/mol. The minimum atomic E-state index is -4.12. The van der Waals surface area contributed by atoms with Crippen molar-refractivity contribution >= 4 is 33.2 Å². The monoisotopic (exact) mass is 384 g/mol. The summed E-state index contributed by atoms with van der Waals surface area (Å²) < 4.78 is 34.2. The van der Waals surface area contributed by atoms with Crippen LogP contribution in [0.3, 0.4) is 0 Å². The topological polar surface area (TPSA) is 111 Å². The van der Waals surface area contributed by atoms with E-state index in [-0.39, 0.29) is 16.4 Å². The van der Waals surface area contributed by atoms with Crippen molar-refractivity contribution in [3.8, 4) is 5.75 Å². The molecule has 2 N–H and O–H groups in total. The molecule has 0 aliphatic rings. The van der Waals surface area contributed by atoms with Gasteiger partial charge in [0.05, 0.1) is 7.11 Å². The Labute approximate surface area is 148 Å². The Morgan fingerprint density at radius 1 is 1.24 bits per heavy atom. The lowest BCUT2D eigenvalue weighted by Gasteiger charge is -2.10. The molecule has 0 bridgehead atoms. The number of carbonyl (C=O) groups excluding carboxylic acids is 2. The number of carbonyl (C=O) groups is 2. The molecule has 10 heteroatoms. The van der Waals surface area contributed by atoms with Crippen LogP contribution in [-0.2, 0) is 19.6 Å². The van der Waals surface area contributed by atoms with Gasteiger partial charge in [-0.3, -0.25) is 10.2 Å². The van der Waals surface area contributed by atoms with Gasteiger partial charge in [-0.1, -0.05) is 12.1 Å². The van der Waals surface area contributed by atoms with E-state index in [1.807, 2.05) is 23.2 Å². The molecule has 0 saturated carbocycles. The largest absolute Gasteiger partial charge is 0.484 e.